The summed E-state index contributed by atoms with van der Waals surface area (Å²) >= 11 is 0. The zero-order chi connectivity index (χ0) is 21.4. The molecule has 3 rings (SSSR count). The van der Waals surface area contributed by atoms with Gasteiger partial charge in [-0.25, -0.2) is 9.18 Å². The molecule has 154 valence electrons. The van der Waals surface area contributed by atoms with Gasteiger partial charge < -0.3 is 26.3 Å². The van der Waals surface area contributed by atoms with E-state index in [1.54, 1.807) is 58.0 Å². The van der Waals surface area contributed by atoms with Gasteiger partial charge in [-0.05, 0) is 63.1 Å². The van der Waals surface area contributed by atoms with Gasteiger partial charge in [0.15, 0.2) is 5.75 Å². The van der Waals surface area contributed by atoms with Crippen LogP contribution in [0.1, 0.15) is 38.8 Å². The van der Waals surface area contributed by atoms with Crippen molar-refractivity contribution in [1.29, 1.82) is 0 Å². The van der Waals surface area contributed by atoms with Crippen LogP contribution in [0.2, 0.25) is 0 Å². The quantitative estimate of drug-likeness (QED) is 0.681. The number of hydrogen-bond donors (Lipinski definition) is 3. The van der Waals surface area contributed by atoms with Crippen LogP contribution < -0.4 is 21.5 Å². The van der Waals surface area contributed by atoms with Gasteiger partial charge in [-0.3, -0.25) is 0 Å². The number of fused-ring (bicyclic) bond motifs is 1. The average molecular weight is 399 g/mol. The van der Waals surface area contributed by atoms with E-state index < -0.39 is 17.1 Å². The maximum absolute atomic E-state index is 13.3. The van der Waals surface area contributed by atoms with Gasteiger partial charge in [-0.2, -0.15) is 0 Å². The number of ether oxygens (including phenoxy) is 2. The Labute approximate surface area is 169 Å². The molecule has 0 saturated heterocycles. The number of nitrogens with one attached hydrogen (secondary N) is 1. The Morgan fingerprint density at radius 1 is 1.17 bits per heavy atom. The molecule has 0 aromatic heterocycles. The maximum Gasteiger partial charge on any atom is 0.331 e. The standard InChI is InChI=1S/C22H26FN3O3/c1-13-19(24)26-17-11-15(7-10-18(17)28-13)22(25,20(27)29-21(2,3)4)12-14-5-8-16(23)9-6-14/h5-11,26H,12,24-25H2,1-4H3. The lowest BCUT2D eigenvalue weighted by atomic mass is 9.84. The number of anilines is 1. The van der Waals surface area contributed by atoms with E-state index in [0.717, 1.165) is 0 Å². The smallest absolute Gasteiger partial charge is 0.331 e. The van der Waals surface area contributed by atoms with Crippen LogP contribution in [0.25, 0.3) is 0 Å². The van der Waals surface area contributed by atoms with E-state index in [9.17, 15) is 9.18 Å². The fourth-order valence-electron chi connectivity index (χ4n) is 3.03. The molecule has 1 aliphatic heterocycles. The predicted molar refractivity (Wildman–Crippen MR) is 109 cm³/mol. The minimum atomic E-state index is -1.49. The molecule has 1 unspecified atom stereocenters. The maximum atomic E-state index is 13.3. The number of carbonyl (C=O) groups excluding carboxylic acids is 1. The number of carbonyl (C=O) groups is 1. The molecule has 5 N–H and O–H groups in total. The summed E-state index contributed by atoms with van der Waals surface area (Å²) in [6, 6.07) is 11.0. The third kappa shape index (κ3) is 4.51. The summed E-state index contributed by atoms with van der Waals surface area (Å²) in [6.45, 7) is 7.08. The molecule has 0 amide bonds. The largest absolute Gasteiger partial charge is 0.458 e. The average Bonchev–Trinajstić information content (AvgIpc) is 2.62. The van der Waals surface area contributed by atoms with Crippen molar-refractivity contribution in [3.63, 3.8) is 0 Å². The van der Waals surface area contributed by atoms with E-state index in [4.69, 9.17) is 20.9 Å². The first-order valence-corrected chi connectivity index (χ1v) is 9.30. The molecule has 0 saturated carbocycles. The second kappa shape index (κ2) is 7.40. The van der Waals surface area contributed by atoms with Gasteiger partial charge in [0.05, 0.1) is 5.69 Å². The highest BCUT2D eigenvalue weighted by Gasteiger charge is 2.40. The molecule has 0 bridgehead atoms. The van der Waals surface area contributed by atoms with E-state index in [-0.39, 0.29) is 12.2 Å². The lowest BCUT2D eigenvalue weighted by molar-refractivity contribution is -0.162. The number of benzene rings is 2. The Morgan fingerprint density at radius 2 is 1.83 bits per heavy atom. The van der Waals surface area contributed by atoms with Gasteiger partial charge in [-0.15, -0.1) is 0 Å². The van der Waals surface area contributed by atoms with Crippen molar-refractivity contribution >= 4 is 11.7 Å². The molecule has 0 radical (unpaired) electrons. The van der Waals surface area contributed by atoms with Crippen LogP contribution in [0.5, 0.6) is 5.75 Å². The first-order valence-electron chi connectivity index (χ1n) is 9.30. The molecule has 6 nitrogen and oxygen atoms in total. The highest BCUT2D eigenvalue weighted by molar-refractivity contribution is 5.84. The van der Waals surface area contributed by atoms with E-state index in [1.807, 2.05) is 0 Å². The lowest BCUT2D eigenvalue weighted by Gasteiger charge is -2.33. The number of esters is 1. The molecule has 2 aromatic rings. The third-order valence-corrected chi connectivity index (χ3v) is 4.57. The molecule has 1 heterocycles. The van der Waals surface area contributed by atoms with Gasteiger partial charge >= 0.3 is 5.97 Å². The van der Waals surface area contributed by atoms with Crippen LogP contribution in [-0.2, 0) is 21.5 Å². The molecule has 0 fully saturated rings. The van der Waals surface area contributed by atoms with Crippen LogP contribution in [0.15, 0.2) is 54.0 Å². The second-order valence-electron chi connectivity index (χ2n) is 8.18. The normalized spacial score (nSPS) is 15.7. The van der Waals surface area contributed by atoms with Crippen LogP contribution in [0, 0.1) is 5.82 Å². The summed E-state index contributed by atoms with van der Waals surface area (Å²) in [5.74, 6) is 0.580. The van der Waals surface area contributed by atoms with Crippen molar-refractivity contribution in [2.24, 2.45) is 11.5 Å². The van der Waals surface area contributed by atoms with Crippen molar-refractivity contribution in [1.82, 2.24) is 0 Å². The molecule has 2 aromatic carbocycles. The molecule has 1 aliphatic rings. The van der Waals surface area contributed by atoms with Crippen molar-refractivity contribution < 1.29 is 18.7 Å². The summed E-state index contributed by atoms with van der Waals surface area (Å²) < 4.78 is 24.6. The minimum Gasteiger partial charge on any atom is -0.458 e. The van der Waals surface area contributed by atoms with Crippen molar-refractivity contribution in [2.75, 3.05) is 5.32 Å². The topological polar surface area (TPSA) is 99.6 Å². The van der Waals surface area contributed by atoms with Crippen LogP contribution in [0.3, 0.4) is 0 Å². The zero-order valence-corrected chi connectivity index (χ0v) is 17.0. The Morgan fingerprint density at radius 3 is 2.45 bits per heavy atom. The van der Waals surface area contributed by atoms with Crippen molar-refractivity contribution in [2.45, 2.75) is 45.3 Å². The first-order chi connectivity index (χ1) is 13.5. The van der Waals surface area contributed by atoms with E-state index in [2.05, 4.69) is 5.32 Å². The predicted octanol–water partition coefficient (Wildman–Crippen LogP) is 3.52. The monoisotopic (exact) mass is 399 g/mol. The SMILES string of the molecule is CC1=C(N)Nc2cc(C(N)(Cc3ccc(F)cc3)C(=O)OC(C)(C)C)ccc2O1. The zero-order valence-electron chi connectivity index (χ0n) is 17.0. The highest BCUT2D eigenvalue weighted by Crippen LogP contribution is 2.36. The number of halogens is 1. The van der Waals surface area contributed by atoms with E-state index in [0.29, 0.717) is 34.1 Å². The van der Waals surface area contributed by atoms with Crippen LogP contribution in [-0.4, -0.2) is 11.6 Å². The number of hydrogen-bond acceptors (Lipinski definition) is 6. The Bertz CT molecular complexity index is 964. The lowest BCUT2D eigenvalue weighted by Crippen LogP contribution is -2.50. The van der Waals surface area contributed by atoms with Crippen LogP contribution >= 0.6 is 0 Å². The summed E-state index contributed by atoms with van der Waals surface area (Å²) in [5, 5.41) is 3.06. The van der Waals surface area contributed by atoms with Gasteiger partial charge in [0.25, 0.3) is 0 Å². The molecule has 1 atom stereocenters. The second-order valence-corrected chi connectivity index (χ2v) is 8.18. The van der Waals surface area contributed by atoms with Crippen molar-refractivity contribution in [3.05, 3.63) is 71.0 Å². The summed E-state index contributed by atoms with van der Waals surface area (Å²) in [4.78, 5) is 13.1. The van der Waals surface area contributed by atoms with Crippen LogP contribution in [0.4, 0.5) is 10.1 Å². The van der Waals surface area contributed by atoms with E-state index in [1.165, 1.54) is 12.1 Å². The van der Waals surface area contributed by atoms with Gasteiger partial charge in [-0.1, -0.05) is 18.2 Å². The molecule has 0 aliphatic carbocycles. The number of allylic oxidation sites excluding steroid dienone is 1. The summed E-state index contributed by atoms with van der Waals surface area (Å²) in [6.07, 6.45) is 0.131. The summed E-state index contributed by atoms with van der Waals surface area (Å²) in [5.41, 5.74) is 12.2. The number of rotatable bonds is 4. The first kappa shape index (κ1) is 20.7. The fraction of sp³-hybridized carbons (Fsp3) is 0.318. The Balaban J connectivity index is 2.02. The van der Waals surface area contributed by atoms with Gasteiger partial charge in [0, 0.05) is 6.42 Å². The molecule has 0 spiro atoms. The van der Waals surface area contributed by atoms with E-state index >= 15 is 0 Å². The third-order valence-electron chi connectivity index (χ3n) is 4.57. The minimum absolute atomic E-state index is 0.131. The number of nitrogens with two attached hydrogens (primary N) is 2. The molecule has 29 heavy (non-hydrogen) atoms. The Kier molecular flexibility index (Phi) is 5.28. The Hall–Kier alpha value is -3.06. The van der Waals surface area contributed by atoms with Gasteiger partial charge in [0.1, 0.15) is 28.5 Å². The highest BCUT2D eigenvalue weighted by atomic mass is 19.1. The molecule has 7 heteroatoms. The molecular weight excluding hydrogens is 373 g/mol. The summed E-state index contributed by atoms with van der Waals surface area (Å²) in [7, 11) is 0. The fourth-order valence-corrected chi connectivity index (χ4v) is 3.03. The van der Waals surface area contributed by atoms with Crippen molar-refractivity contribution in [3.8, 4) is 5.75 Å². The molecular formula is C22H26FN3O3. The van der Waals surface area contributed by atoms with Gasteiger partial charge in [0.2, 0.25) is 0 Å².